The van der Waals surface area contributed by atoms with Crippen molar-refractivity contribution in [2.45, 2.75) is 57.2 Å². The lowest BCUT2D eigenvalue weighted by molar-refractivity contribution is -0.159. The van der Waals surface area contributed by atoms with Crippen LogP contribution in [0.4, 0.5) is 0 Å². The lowest BCUT2D eigenvalue weighted by Gasteiger charge is -2.31. The van der Waals surface area contributed by atoms with E-state index in [2.05, 4.69) is 0 Å². The minimum absolute atomic E-state index is 0.0691. The molecule has 0 aromatic heterocycles. The van der Waals surface area contributed by atoms with Gasteiger partial charge in [0.05, 0.1) is 25.0 Å². The summed E-state index contributed by atoms with van der Waals surface area (Å²) in [6.07, 6.45) is -1.47. The number of carbonyl (C=O) groups is 2. The smallest absolute Gasteiger partial charge is 0.303 e. The minimum Gasteiger partial charge on any atom is -0.496 e. The number of hydrogen-bond acceptors (Lipinski definition) is 7. The molecule has 1 fully saturated rings. The summed E-state index contributed by atoms with van der Waals surface area (Å²) in [5.41, 5.74) is 1.23. The van der Waals surface area contributed by atoms with E-state index in [4.69, 9.17) is 23.7 Å². The molecule has 2 aromatic rings. The normalized spacial score (nSPS) is 27.4. The predicted molar refractivity (Wildman–Crippen MR) is 110 cm³/mol. The van der Waals surface area contributed by atoms with E-state index in [0.29, 0.717) is 28.4 Å². The number of esters is 1. The first-order valence-electron chi connectivity index (χ1n) is 10.3. The molecule has 3 heterocycles. The van der Waals surface area contributed by atoms with Gasteiger partial charge in [-0.05, 0) is 19.4 Å². The second kappa shape index (κ2) is 6.99. The van der Waals surface area contributed by atoms with Crippen molar-refractivity contribution in [2.24, 2.45) is 0 Å². The van der Waals surface area contributed by atoms with Gasteiger partial charge in [0.2, 0.25) is 6.29 Å². The molecule has 0 radical (unpaired) electrons. The molecule has 7 nitrogen and oxygen atoms in total. The standard InChI is InChI=1S/C24H24O7/c1-12(25)28-22-20-19-17(30-23(20)31-24(22,2)3)11-16(27-4)18-14(26)10-15(29-21(18)19)13-8-6-5-7-9-13/h5-9,11,15,20,22-23H,10H2,1-4H3. The fraction of sp³-hybridized carbons (Fsp3) is 0.417. The molecule has 0 aliphatic carbocycles. The quantitative estimate of drug-likeness (QED) is 0.691. The van der Waals surface area contributed by atoms with Crippen LogP contribution in [0.2, 0.25) is 0 Å². The van der Waals surface area contributed by atoms with Gasteiger partial charge in [-0.1, -0.05) is 30.3 Å². The number of ketones is 1. The second-order valence-corrected chi connectivity index (χ2v) is 8.60. The first-order valence-corrected chi connectivity index (χ1v) is 10.3. The van der Waals surface area contributed by atoms with Crippen molar-refractivity contribution in [3.05, 3.63) is 53.1 Å². The Hall–Kier alpha value is -3.06. The Bertz CT molecular complexity index is 1060. The van der Waals surface area contributed by atoms with E-state index >= 15 is 0 Å². The zero-order valence-corrected chi connectivity index (χ0v) is 17.8. The summed E-state index contributed by atoms with van der Waals surface area (Å²) < 4.78 is 29.8. The Morgan fingerprint density at radius 2 is 1.90 bits per heavy atom. The molecule has 3 aliphatic heterocycles. The average Bonchev–Trinajstić information content (AvgIpc) is 3.19. The van der Waals surface area contributed by atoms with Crippen LogP contribution in [0.25, 0.3) is 0 Å². The van der Waals surface area contributed by atoms with E-state index in [1.54, 1.807) is 6.07 Å². The summed E-state index contributed by atoms with van der Waals surface area (Å²) in [6.45, 7) is 5.09. The number of ether oxygens (including phenoxy) is 5. The maximum absolute atomic E-state index is 13.2. The van der Waals surface area contributed by atoms with Crippen LogP contribution >= 0.6 is 0 Å². The maximum atomic E-state index is 13.2. The van der Waals surface area contributed by atoms with E-state index < -0.39 is 36.0 Å². The molecular weight excluding hydrogens is 400 g/mol. The van der Waals surface area contributed by atoms with Crippen LogP contribution in [-0.2, 0) is 14.3 Å². The monoisotopic (exact) mass is 424 g/mol. The third-order valence-electron chi connectivity index (χ3n) is 6.14. The van der Waals surface area contributed by atoms with Crippen molar-refractivity contribution in [1.29, 1.82) is 0 Å². The van der Waals surface area contributed by atoms with E-state index in [1.807, 2.05) is 44.2 Å². The molecule has 3 aliphatic rings. The van der Waals surface area contributed by atoms with Crippen LogP contribution in [0.15, 0.2) is 36.4 Å². The van der Waals surface area contributed by atoms with Crippen LogP contribution in [0.3, 0.4) is 0 Å². The first kappa shape index (κ1) is 19.9. The van der Waals surface area contributed by atoms with E-state index in [9.17, 15) is 9.59 Å². The molecule has 0 N–H and O–H groups in total. The predicted octanol–water partition coefficient (Wildman–Crippen LogP) is 3.94. The Kier molecular flexibility index (Phi) is 4.48. The highest BCUT2D eigenvalue weighted by molar-refractivity contribution is 6.03. The summed E-state index contributed by atoms with van der Waals surface area (Å²) in [5, 5.41) is 0. The summed E-state index contributed by atoms with van der Waals surface area (Å²) in [6, 6.07) is 11.3. The summed E-state index contributed by atoms with van der Waals surface area (Å²) in [5.74, 6) is 0.437. The Balaban J connectivity index is 1.66. The van der Waals surface area contributed by atoms with Gasteiger partial charge >= 0.3 is 5.97 Å². The Morgan fingerprint density at radius 1 is 1.16 bits per heavy atom. The van der Waals surface area contributed by atoms with Crippen molar-refractivity contribution < 1.29 is 33.3 Å². The van der Waals surface area contributed by atoms with Crippen molar-refractivity contribution in [3.8, 4) is 17.2 Å². The van der Waals surface area contributed by atoms with Crippen LogP contribution in [0, 0.1) is 0 Å². The zero-order chi connectivity index (χ0) is 21.9. The largest absolute Gasteiger partial charge is 0.496 e. The maximum Gasteiger partial charge on any atom is 0.303 e. The Morgan fingerprint density at radius 3 is 2.58 bits per heavy atom. The highest BCUT2D eigenvalue weighted by atomic mass is 16.7. The van der Waals surface area contributed by atoms with Crippen molar-refractivity contribution in [2.75, 3.05) is 7.11 Å². The molecular formula is C24H24O7. The van der Waals surface area contributed by atoms with E-state index in [-0.39, 0.29) is 12.2 Å². The summed E-state index contributed by atoms with van der Waals surface area (Å²) >= 11 is 0. The molecule has 5 rings (SSSR count). The number of carbonyl (C=O) groups excluding carboxylic acids is 2. The average molecular weight is 424 g/mol. The molecule has 1 saturated heterocycles. The number of benzene rings is 2. The zero-order valence-electron chi connectivity index (χ0n) is 17.8. The van der Waals surface area contributed by atoms with Gasteiger partial charge in [-0.3, -0.25) is 9.59 Å². The molecule has 0 saturated carbocycles. The van der Waals surface area contributed by atoms with Gasteiger partial charge in [-0.2, -0.15) is 0 Å². The molecule has 0 bridgehead atoms. The van der Waals surface area contributed by atoms with E-state index in [1.165, 1.54) is 14.0 Å². The highest BCUT2D eigenvalue weighted by Gasteiger charge is 2.59. The highest BCUT2D eigenvalue weighted by Crippen LogP contribution is 2.58. The lowest BCUT2D eigenvalue weighted by Crippen LogP contribution is -2.38. The molecule has 0 amide bonds. The van der Waals surface area contributed by atoms with E-state index in [0.717, 1.165) is 5.56 Å². The van der Waals surface area contributed by atoms with Gasteiger partial charge in [-0.15, -0.1) is 0 Å². The fourth-order valence-electron chi connectivity index (χ4n) is 4.81. The number of rotatable bonds is 3. The third-order valence-corrected chi connectivity index (χ3v) is 6.14. The van der Waals surface area contributed by atoms with Gasteiger partial charge in [0.1, 0.15) is 40.6 Å². The van der Waals surface area contributed by atoms with Crippen LogP contribution in [0.1, 0.15) is 60.7 Å². The summed E-state index contributed by atoms with van der Waals surface area (Å²) in [4.78, 5) is 25.1. The lowest BCUT2D eigenvalue weighted by atomic mass is 9.84. The van der Waals surface area contributed by atoms with Crippen molar-refractivity contribution in [3.63, 3.8) is 0 Å². The van der Waals surface area contributed by atoms with Crippen molar-refractivity contribution >= 4 is 11.8 Å². The number of hydrogen-bond donors (Lipinski definition) is 0. The minimum atomic E-state index is -0.761. The number of methoxy groups -OCH3 is 1. The topological polar surface area (TPSA) is 80.3 Å². The molecule has 4 atom stereocenters. The SMILES string of the molecule is COc1cc2c(c3c1C(=O)CC(c1ccccc1)O3)C1C(O2)OC(C)(C)C1OC(C)=O. The molecule has 31 heavy (non-hydrogen) atoms. The van der Waals surface area contributed by atoms with Crippen LogP contribution < -0.4 is 14.2 Å². The number of fused-ring (bicyclic) bond motifs is 5. The van der Waals surface area contributed by atoms with Gasteiger partial charge in [0.15, 0.2) is 5.78 Å². The third kappa shape index (κ3) is 3.07. The molecule has 0 spiro atoms. The fourth-order valence-corrected chi connectivity index (χ4v) is 4.81. The van der Waals surface area contributed by atoms with Crippen LogP contribution in [0.5, 0.6) is 17.2 Å². The van der Waals surface area contributed by atoms with Gasteiger partial charge < -0.3 is 23.7 Å². The number of Topliss-reactive ketones (excluding diaryl/α,β-unsaturated/α-hetero) is 1. The van der Waals surface area contributed by atoms with Gasteiger partial charge in [-0.25, -0.2) is 0 Å². The Labute approximate surface area is 180 Å². The molecule has 162 valence electrons. The molecule has 4 unspecified atom stereocenters. The summed E-state index contributed by atoms with van der Waals surface area (Å²) in [7, 11) is 1.51. The molecule has 7 heteroatoms. The van der Waals surface area contributed by atoms with Gasteiger partial charge in [0, 0.05) is 13.0 Å². The van der Waals surface area contributed by atoms with Crippen molar-refractivity contribution in [1.82, 2.24) is 0 Å². The van der Waals surface area contributed by atoms with Crippen LogP contribution in [-0.4, -0.2) is 36.9 Å². The molecule has 2 aromatic carbocycles. The van der Waals surface area contributed by atoms with Gasteiger partial charge in [0.25, 0.3) is 0 Å². The first-order chi connectivity index (χ1) is 14.8. The second-order valence-electron chi connectivity index (χ2n) is 8.60.